The zero-order valence-electron chi connectivity index (χ0n) is 13.3. The first-order chi connectivity index (χ1) is 11.3. The van der Waals surface area contributed by atoms with Crippen molar-refractivity contribution < 1.29 is 13.5 Å². The fraction of sp³-hybridized carbons (Fsp3) is 0.222. The van der Waals surface area contributed by atoms with Crippen LogP contribution in [-0.2, 0) is 9.84 Å². The van der Waals surface area contributed by atoms with E-state index in [-0.39, 0.29) is 4.90 Å². The first kappa shape index (κ1) is 17.2. The van der Waals surface area contributed by atoms with E-state index >= 15 is 0 Å². The highest BCUT2D eigenvalue weighted by Gasteiger charge is 2.29. The Morgan fingerprint density at radius 3 is 2.38 bits per heavy atom. The normalized spacial score (nSPS) is 13.5. The van der Waals surface area contributed by atoms with E-state index in [1.54, 1.807) is 36.5 Å². The minimum Gasteiger partial charge on any atom is -0.373 e. The molecule has 0 fully saturated rings. The lowest BCUT2D eigenvalue weighted by Crippen LogP contribution is -2.13. The summed E-state index contributed by atoms with van der Waals surface area (Å²) < 4.78 is 26.4. The van der Waals surface area contributed by atoms with Crippen LogP contribution in [0.4, 0.5) is 0 Å². The van der Waals surface area contributed by atoms with Crippen LogP contribution in [0.1, 0.15) is 36.3 Å². The quantitative estimate of drug-likeness (QED) is 0.667. The number of benzene rings is 2. The molecule has 0 aliphatic carbocycles. The van der Waals surface area contributed by atoms with Crippen molar-refractivity contribution in [2.75, 3.05) is 0 Å². The number of halogens is 1. The van der Waals surface area contributed by atoms with Crippen molar-refractivity contribution in [3.63, 3.8) is 0 Å². The lowest BCUT2D eigenvalue weighted by Gasteiger charge is -2.13. The standard InChI is InChI=1S/C18H18BrNO3S/c1-11(2)12-3-6-14(7-4-12)24(22,23)18(21)16-10-20-17-8-5-13(19)9-15(16)17/h3-11,18,20-21H,1-2H3. The summed E-state index contributed by atoms with van der Waals surface area (Å²) in [5.74, 6) is 0.317. The molecule has 1 aromatic heterocycles. The van der Waals surface area contributed by atoms with Gasteiger partial charge in [0.2, 0.25) is 9.84 Å². The molecule has 0 aliphatic heterocycles. The Hall–Kier alpha value is -1.63. The van der Waals surface area contributed by atoms with E-state index in [1.807, 2.05) is 26.0 Å². The molecule has 0 saturated carbocycles. The van der Waals surface area contributed by atoms with Gasteiger partial charge in [0.15, 0.2) is 5.44 Å². The van der Waals surface area contributed by atoms with Crippen molar-refractivity contribution in [3.8, 4) is 0 Å². The molecular formula is C18H18BrNO3S. The molecule has 0 amide bonds. The highest BCUT2D eigenvalue weighted by molar-refractivity contribution is 9.10. The first-order valence-corrected chi connectivity index (χ1v) is 9.93. The SMILES string of the molecule is CC(C)c1ccc(S(=O)(=O)C(O)c2c[nH]c3ccc(Br)cc23)cc1. The molecule has 1 atom stereocenters. The van der Waals surface area contributed by atoms with Gasteiger partial charge in [-0.25, -0.2) is 8.42 Å². The Balaban J connectivity index is 2.03. The molecule has 0 saturated heterocycles. The second-order valence-corrected chi connectivity index (χ2v) is 8.98. The third-order valence-corrected chi connectivity index (χ3v) is 6.38. The van der Waals surface area contributed by atoms with Crippen LogP contribution in [0.15, 0.2) is 58.0 Å². The zero-order chi connectivity index (χ0) is 17.5. The van der Waals surface area contributed by atoms with Gasteiger partial charge >= 0.3 is 0 Å². The molecule has 4 nitrogen and oxygen atoms in total. The second-order valence-electron chi connectivity index (χ2n) is 6.06. The van der Waals surface area contributed by atoms with Crippen LogP contribution in [0, 0.1) is 0 Å². The highest BCUT2D eigenvalue weighted by Crippen LogP contribution is 2.33. The number of H-pyrrole nitrogens is 1. The van der Waals surface area contributed by atoms with Crippen LogP contribution in [-0.4, -0.2) is 18.5 Å². The van der Waals surface area contributed by atoms with E-state index in [9.17, 15) is 13.5 Å². The van der Waals surface area contributed by atoms with E-state index in [1.165, 1.54) is 0 Å². The van der Waals surface area contributed by atoms with E-state index in [0.717, 1.165) is 15.6 Å². The second kappa shape index (κ2) is 6.35. The van der Waals surface area contributed by atoms with Crippen molar-refractivity contribution in [3.05, 3.63) is 64.3 Å². The number of aliphatic hydroxyl groups excluding tert-OH is 1. The highest BCUT2D eigenvalue weighted by atomic mass is 79.9. The van der Waals surface area contributed by atoms with Crippen molar-refractivity contribution >= 4 is 36.7 Å². The molecular weight excluding hydrogens is 390 g/mol. The maximum Gasteiger partial charge on any atom is 0.209 e. The number of hydrogen-bond donors (Lipinski definition) is 2. The molecule has 0 radical (unpaired) electrons. The van der Waals surface area contributed by atoms with Crippen molar-refractivity contribution in [1.29, 1.82) is 0 Å². The van der Waals surface area contributed by atoms with Gasteiger partial charge in [-0.3, -0.25) is 0 Å². The van der Waals surface area contributed by atoms with Gasteiger partial charge in [0.1, 0.15) is 0 Å². The molecule has 3 aromatic rings. The van der Waals surface area contributed by atoms with Crippen LogP contribution < -0.4 is 0 Å². The predicted molar refractivity (Wildman–Crippen MR) is 98.7 cm³/mol. The van der Waals surface area contributed by atoms with Gasteiger partial charge in [-0.05, 0) is 41.8 Å². The molecule has 1 heterocycles. The van der Waals surface area contributed by atoms with Crippen LogP contribution in [0.25, 0.3) is 10.9 Å². The Morgan fingerprint density at radius 2 is 1.75 bits per heavy atom. The molecule has 0 aliphatic rings. The number of sulfone groups is 1. The summed E-state index contributed by atoms with van der Waals surface area (Å²) in [6.45, 7) is 4.09. The summed E-state index contributed by atoms with van der Waals surface area (Å²) in [5.41, 5.74) is 0.557. The first-order valence-electron chi connectivity index (χ1n) is 7.59. The van der Waals surface area contributed by atoms with E-state index < -0.39 is 15.3 Å². The lowest BCUT2D eigenvalue weighted by molar-refractivity contribution is 0.256. The summed E-state index contributed by atoms with van der Waals surface area (Å²) in [7, 11) is -3.89. The monoisotopic (exact) mass is 407 g/mol. The average Bonchev–Trinajstić information content (AvgIpc) is 2.97. The maximum atomic E-state index is 12.8. The average molecular weight is 408 g/mol. The summed E-state index contributed by atoms with van der Waals surface area (Å²) in [6, 6.07) is 12.2. The Labute approximate surface area is 149 Å². The lowest BCUT2D eigenvalue weighted by atomic mass is 10.0. The van der Waals surface area contributed by atoms with Crippen LogP contribution >= 0.6 is 15.9 Å². The van der Waals surface area contributed by atoms with Gasteiger partial charge < -0.3 is 10.1 Å². The maximum absolute atomic E-state index is 12.8. The number of rotatable bonds is 4. The zero-order valence-corrected chi connectivity index (χ0v) is 15.7. The van der Waals surface area contributed by atoms with Gasteiger partial charge in [0.25, 0.3) is 0 Å². The van der Waals surface area contributed by atoms with Gasteiger partial charge in [0.05, 0.1) is 4.90 Å². The van der Waals surface area contributed by atoms with Crippen LogP contribution in [0.3, 0.4) is 0 Å². The fourth-order valence-electron chi connectivity index (χ4n) is 2.66. The van der Waals surface area contributed by atoms with Crippen LogP contribution in [0.2, 0.25) is 0 Å². The molecule has 3 rings (SSSR count). The molecule has 1 unspecified atom stereocenters. The smallest absolute Gasteiger partial charge is 0.209 e. The van der Waals surface area contributed by atoms with Gasteiger partial charge in [0, 0.05) is 27.1 Å². The fourth-order valence-corrected chi connectivity index (χ4v) is 4.32. The topological polar surface area (TPSA) is 70.2 Å². The van der Waals surface area contributed by atoms with Crippen molar-refractivity contribution in [1.82, 2.24) is 4.98 Å². The van der Waals surface area contributed by atoms with Crippen LogP contribution in [0.5, 0.6) is 0 Å². The molecule has 2 N–H and O–H groups in total. The summed E-state index contributed by atoms with van der Waals surface area (Å²) in [6.07, 6.45) is 1.54. The Bertz CT molecular complexity index is 975. The summed E-state index contributed by atoms with van der Waals surface area (Å²) >= 11 is 3.37. The van der Waals surface area contributed by atoms with Gasteiger partial charge in [-0.1, -0.05) is 41.9 Å². The summed E-state index contributed by atoms with van der Waals surface area (Å²) in [5, 5.41) is 11.2. The Morgan fingerprint density at radius 1 is 1.08 bits per heavy atom. The molecule has 6 heteroatoms. The van der Waals surface area contributed by atoms with E-state index in [2.05, 4.69) is 20.9 Å². The minimum absolute atomic E-state index is 0.115. The molecule has 2 aromatic carbocycles. The van der Waals surface area contributed by atoms with E-state index in [4.69, 9.17) is 0 Å². The predicted octanol–water partition coefficient (Wildman–Crippen LogP) is 4.52. The minimum atomic E-state index is -3.89. The molecule has 0 bridgehead atoms. The molecule has 24 heavy (non-hydrogen) atoms. The molecule has 126 valence electrons. The third kappa shape index (κ3) is 3.01. The number of aromatic nitrogens is 1. The van der Waals surface area contributed by atoms with Crippen molar-refractivity contribution in [2.45, 2.75) is 30.1 Å². The van der Waals surface area contributed by atoms with E-state index in [0.29, 0.717) is 16.9 Å². The number of aliphatic hydroxyl groups is 1. The number of nitrogens with one attached hydrogen (secondary N) is 1. The van der Waals surface area contributed by atoms with Gasteiger partial charge in [-0.15, -0.1) is 0 Å². The number of hydrogen-bond acceptors (Lipinski definition) is 3. The molecule has 0 spiro atoms. The largest absolute Gasteiger partial charge is 0.373 e. The van der Waals surface area contributed by atoms with Gasteiger partial charge in [-0.2, -0.15) is 0 Å². The number of aromatic amines is 1. The van der Waals surface area contributed by atoms with Crippen molar-refractivity contribution in [2.24, 2.45) is 0 Å². The summed E-state index contributed by atoms with van der Waals surface area (Å²) in [4.78, 5) is 3.11. The third-order valence-electron chi connectivity index (χ3n) is 4.11. The number of fused-ring (bicyclic) bond motifs is 1. The Kier molecular flexibility index (Phi) is 4.55.